The molecule has 2 aromatic rings. The number of nitrogens with two attached hydrogens (primary N) is 1. The van der Waals surface area contributed by atoms with Gasteiger partial charge in [0.2, 0.25) is 0 Å². The lowest BCUT2D eigenvalue weighted by Gasteiger charge is -2.10. The largest absolute Gasteiger partial charge is 0.424 e. The second-order valence-corrected chi connectivity index (χ2v) is 4.41. The standard InChI is InChI=1S/C13H18N4O/c1-4-17-12(9(2)3)15-16-13(17)18-11-7-5-6-10(14)8-11/h5-9H,4,14H2,1-3H3. The van der Waals surface area contributed by atoms with Gasteiger partial charge in [-0.15, -0.1) is 5.10 Å². The summed E-state index contributed by atoms with van der Waals surface area (Å²) in [6.07, 6.45) is 0. The van der Waals surface area contributed by atoms with E-state index in [0.29, 0.717) is 23.4 Å². The minimum atomic E-state index is 0.315. The quantitative estimate of drug-likeness (QED) is 0.842. The molecule has 0 amide bonds. The number of hydrogen-bond donors (Lipinski definition) is 1. The minimum absolute atomic E-state index is 0.315. The summed E-state index contributed by atoms with van der Waals surface area (Å²) in [6.45, 7) is 6.99. The molecule has 5 nitrogen and oxygen atoms in total. The lowest BCUT2D eigenvalue weighted by atomic mass is 10.2. The Hall–Kier alpha value is -2.04. The van der Waals surface area contributed by atoms with Gasteiger partial charge in [0, 0.05) is 24.2 Å². The monoisotopic (exact) mass is 246 g/mol. The molecule has 2 N–H and O–H groups in total. The first-order valence-electron chi connectivity index (χ1n) is 6.08. The van der Waals surface area contributed by atoms with Crippen molar-refractivity contribution in [2.75, 3.05) is 5.73 Å². The van der Waals surface area contributed by atoms with E-state index in [4.69, 9.17) is 10.5 Å². The Kier molecular flexibility index (Phi) is 3.50. The Balaban J connectivity index is 2.29. The van der Waals surface area contributed by atoms with Crippen molar-refractivity contribution in [2.45, 2.75) is 33.2 Å². The fourth-order valence-electron chi connectivity index (χ4n) is 1.78. The molecule has 0 aliphatic carbocycles. The summed E-state index contributed by atoms with van der Waals surface area (Å²) in [5.74, 6) is 1.92. The number of anilines is 1. The lowest BCUT2D eigenvalue weighted by molar-refractivity contribution is 0.409. The van der Waals surface area contributed by atoms with Crippen LogP contribution in [0.15, 0.2) is 24.3 Å². The van der Waals surface area contributed by atoms with Crippen molar-refractivity contribution in [2.24, 2.45) is 0 Å². The van der Waals surface area contributed by atoms with Crippen LogP contribution >= 0.6 is 0 Å². The maximum Gasteiger partial charge on any atom is 0.322 e. The summed E-state index contributed by atoms with van der Waals surface area (Å²) in [7, 11) is 0. The highest BCUT2D eigenvalue weighted by molar-refractivity contribution is 5.44. The van der Waals surface area contributed by atoms with E-state index in [-0.39, 0.29) is 0 Å². The Morgan fingerprint density at radius 2 is 2.11 bits per heavy atom. The van der Waals surface area contributed by atoms with Crippen LogP contribution in [-0.2, 0) is 6.54 Å². The van der Waals surface area contributed by atoms with Crippen molar-refractivity contribution in [1.82, 2.24) is 14.8 Å². The second-order valence-electron chi connectivity index (χ2n) is 4.41. The fraction of sp³-hybridized carbons (Fsp3) is 0.385. The summed E-state index contributed by atoms with van der Waals surface area (Å²) < 4.78 is 7.69. The van der Waals surface area contributed by atoms with Gasteiger partial charge in [-0.3, -0.25) is 4.57 Å². The maximum atomic E-state index is 5.72. The van der Waals surface area contributed by atoms with Gasteiger partial charge in [0.1, 0.15) is 11.6 Å². The normalized spacial score (nSPS) is 10.9. The molecule has 0 atom stereocenters. The van der Waals surface area contributed by atoms with Crippen molar-refractivity contribution in [1.29, 1.82) is 0 Å². The second kappa shape index (κ2) is 5.08. The van der Waals surface area contributed by atoms with E-state index < -0.39 is 0 Å². The van der Waals surface area contributed by atoms with Crippen molar-refractivity contribution in [3.8, 4) is 11.8 Å². The number of hydrogen-bond acceptors (Lipinski definition) is 4. The molecule has 1 heterocycles. The van der Waals surface area contributed by atoms with Gasteiger partial charge in [-0.1, -0.05) is 25.0 Å². The highest BCUT2D eigenvalue weighted by atomic mass is 16.5. The molecule has 0 aliphatic rings. The highest BCUT2D eigenvalue weighted by Gasteiger charge is 2.15. The zero-order valence-electron chi connectivity index (χ0n) is 10.9. The van der Waals surface area contributed by atoms with Gasteiger partial charge in [-0.05, 0) is 19.1 Å². The van der Waals surface area contributed by atoms with Gasteiger partial charge in [0.15, 0.2) is 0 Å². The molecule has 1 aromatic heterocycles. The summed E-state index contributed by atoms with van der Waals surface area (Å²) >= 11 is 0. The third kappa shape index (κ3) is 2.45. The molecule has 0 unspecified atom stereocenters. The van der Waals surface area contributed by atoms with E-state index in [1.807, 2.05) is 29.7 Å². The summed E-state index contributed by atoms with van der Waals surface area (Å²) in [5.41, 5.74) is 6.38. The molecule has 0 spiro atoms. The van der Waals surface area contributed by atoms with Gasteiger partial charge < -0.3 is 10.5 Å². The van der Waals surface area contributed by atoms with E-state index in [0.717, 1.165) is 12.4 Å². The van der Waals surface area contributed by atoms with Gasteiger partial charge in [-0.2, -0.15) is 0 Å². The van der Waals surface area contributed by atoms with Crippen molar-refractivity contribution < 1.29 is 4.74 Å². The van der Waals surface area contributed by atoms with Crippen LogP contribution in [0.5, 0.6) is 11.8 Å². The van der Waals surface area contributed by atoms with Crippen molar-refractivity contribution >= 4 is 5.69 Å². The number of nitrogens with zero attached hydrogens (tertiary/aromatic N) is 3. The van der Waals surface area contributed by atoms with Gasteiger partial charge in [0.25, 0.3) is 0 Å². The van der Waals surface area contributed by atoms with Gasteiger partial charge in [-0.25, -0.2) is 0 Å². The van der Waals surface area contributed by atoms with E-state index >= 15 is 0 Å². The molecule has 0 aliphatic heterocycles. The summed E-state index contributed by atoms with van der Waals surface area (Å²) in [6, 6.07) is 7.79. The van der Waals surface area contributed by atoms with Gasteiger partial charge in [0.05, 0.1) is 0 Å². The van der Waals surface area contributed by atoms with Gasteiger partial charge >= 0.3 is 6.01 Å². The van der Waals surface area contributed by atoms with Crippen LogP contribution in [0.2, 0.25) is 0 Å². The molecule has 96 valence electrons. The van der Waals surface area contributed by atoms with E-state index in [1.165, 1.54) is 0 Å². The molecule has 2 rings (SSSR count). The SMILES string of the molecule is CCn1c(Oc2cccc(N)c2)nnc1C(C)C. The molecule has 0 bridgehead atoms. The molecule has 18 heavy (non-hydrogen) atoms. The van der Waals surface area contributed by atoms with E-state index in [9.17, 15) is 0 Å². The first kappa shape index (κ1) is 12.4. The van der Waals surface area contributed by atoms with Crippen LogP contribution in [-0.4, -0.2) is 14.8 Å². The Bertz CT molecular complexity index is 534. The van der Waals surface area contributed by atoms with Crippen LogP contribution in [0.3, 0.4) is 0 Å². The number of ether oxygens (including phenoxy) is 1. The Morgan fingerprint density at radius 3 is 2.72 bits per heavy atom. The molecule has 5 heteroatoms. The first-order valence-corrected chi connectivity index (χ1v) is 6.08. The minimum Gasteiger partial charge on any atom is -0.424 e. The Labute approximate surface area is 107 Å². The molecule has 0 fully saturated rings. The predicted octanol–water partition coefficient (Wildman–Crippen LogP) is 2.80. The molecule has 1 aromatic carbocycles. The number of rotatable bonds is 4. The van der Waals surface area contributed by atoms with Crippen LogP contribution in [0.1, 0.15) is 32.5 Å². The summed E-state index contributed by atoms with van der Waals surface area (Å²) in [5, 5.41) is 8.24. The number of nitrogen functional groups attached to an aromatic ring is 1. The van der Waals surface area contributed by atoms with E-state index in [1.54, 1.807) is 6.07 Å². The smallest absolute Gasteiger partial charge is 0.322 e. The van der Waals surface area contributed by atoms with E-state index in [2.05, 4.69) is 24.0 Å². The molecule has 0 saturated heterocycles. The van der Waals surface area contributed by atoms with Crippen molar-refractivity contribution in [3.05, 3.63) is 30.1 Å². The zero-order valence-corrected chi connectivity index (χ0v) is 10.9. The fourth-order valence-corrected chi connectivity index (χ4v) is 1.78. The molecule has 0 radical (unpaired) electrons. The molecular formula is C13H18N4O. The van der Waals surface area contributed by atoms with Crippen LogP contribution in [0.4, 0.5) is 5.69 Å². The molecule has 0 saturated carbocycles. The third-order valence-corrected chi connectivity index (χ3v) is 2.65. The zero-order chi connectivity index (χ0) is 13.1. The average Bonchev–Trinajstić information content (AvgIpc) is 2.72. The van der Waals surface area contributed by atoms with Crippen LogP contribution in [0, 0.1) is 0 Å². The lowest BCUT2D eigenvalue weighted by Crippen LogP contribution is -2.05. The highest BCUT2D eigenvalue weighted by Crippen LogP contribution is 2.24. The third-order valence-electron chi connectivity index (χ3n) is 2.65. The van der Waals surface area contributed by atoms with Crippen LogP contribution < -0.4 is 10.5 Å². The maximum absolute atomic E-state index is 5.72. The Morgan fingerprint density at radius 1 is 1.33 bits per heavy atom. The number of benzene rings is 1. The van der Waals surface area contributed by atoms with Crippen LogP contribution in [0.25, 0.3) is 0 Å². The predicted molar refractivity (Wildman–Crippen MR) is 70.7 cm³/mol. The molecular weight excluding hydrogens is 228 g/mol. The van der Waals surface area contributed by atoms with Crippen molar-refractivity contribution in [3.63, 3.8) is 0 Å². The first-order chi connectivity index (χ1) is 8.61. The number of aromatic nitrogens is 3. The average molecular weight is 246 g/mol. The summed E-state index contributed by atoms with van der Waals surface area (Å²) in [4.78, 5) is 0. The topological polar surface area (TPSA) is 66.0 Å².